The Morgan fingerprint density at radius 1 is 1.38 bits per heavy atom. The van der Waals surface area contributed by atoms with Gasteiger partial charge >= 0.3 is 12.1 Å². The standard InChI is InChI=1S/C17H18N6O7S2/c18-16-19-8(6-32-16)9(21-29)12(24)20-10-13(25)23-11(15(26)27)7(5-31-14(10)23)4-30-17(28)22-2-1-3-22/h6,10,14,29H,1-5H2,(H2,18,19)(H,20,24)(H,26,27)/b21-9+/t10?,14-/m1/s1. The highest BCUT2D eigenvalue weighted by atomic mass is 32.2. The molecule has 3 aliphatic rings. The maximum absolute atomic E-state index is 12.7. The molecule has 0 bridgehead atoms. The van der Waals surface area contributed by atoms with Crippen molar-refractivity contribution in [1.82, 2.24) is 20.1 Å². The second-order valence-corrected chi connectivity index (χ2v) is 9.03. The summed E-state index contributed by atoms with van der Waals surface area (Å²) in [5, 5.41) is 25.2. The van der Waals surface area contributed by atoms with Crippen molar-refractivity contribution in [3.63, 3.8) is 0 Å². The van der Waals surface area contributed by atoms with Gasteiger partial charge in [0.2, 0.25) is 0 Å². The smallest absolute Gasteiger partial charge is 0.410 e. The summed E-state index contributed by atoms with van der Waals surface area (Å²) in [6, 6.07) is -1.03. The van der Waals surface area contributed by atoms with Crippen LogP contribution >= 0.6 is 23.1 Å². The zero-order chi connectivity index (χ0) is 23.0. The van der Waals surface area contributed by atoms with E-state index in [1.54, 1.807) is 0 Å². The number of likely N-dealkylation sites (tertiary alicyclic amines) is 1. The van der Waals surface area contributed by atoms with Crippen LogP contribution in [0.1, 0.15) is 12.1 Å². The Morgan fingerprint density at radius 3 is 2.69 bits per heavy atom. The van der Waals surface area contributed by atoms with Crippen molar-refractivity contribution in [3.8, 4) is 0 Å². The van der Waals surface area contributed by atoms with E-state index in [4.69, 9.17) is 10.5 Å². The molecule has 32 heavy (non-hydrogen) atoms. The van der Waals surface area contributed by atoms with E-state index < -0.39 is 41.0 Å². The number of ether oxygens (including phenoxy) is 1. The third kappa shape index (κ3) is 3.84. The monoisotopic (exact) mass is 482 g/mol. The number of thiazole rings is 1. The molecule has 13 nitrogen and oxygen atoms in total. The number of nitrogens with one attached hydrogen (secondary N) is 1. The summed E-state index contributed by atoms with van der Waals surface area (Å²) >= 11 is 2.27. The fraction of sp³-hybridized carbons (Fsp3) is 0.412. The molecule has 5 N–H and O–H groups in total. The topological polar surface area (TPSA) is 188 Å². The number of thioether (sulfide) groups is 1. The molecule has 15 heteroatoms. The van der Waals surface area contributed by atoms with Crippen LogP contribution in [-0.2, 0) is 19.1 Å². The molecule has 0 aliphatic carbocycles. The van der Waals surface area contributed by atoms with E-state index in [2.05, 4.69) is 15.5 Å². The zero-order valence-electron chi connectivity index (χ0n) is 16.4. The number of hydrogen-bond acceptors (Lipinski definition) is 11. The lowest BCUT2D eigenvalue weighted by atomic mass is 10.0. The molecule has 1 aromatic heterocycles. The van der Waals surface area contributed by atoms with E-state index in [9.17, 15) is 29.5 Å². The average Bonchev–Trinajstić information content (AvgIpc) is 3.14. The number of nitrogens with zero attached hydrogens (tertiary/aromatic N) is 4. The van der Waals surface area contributed by atoms with Gasteiger partial charge in [-0.15, -0.1) is 23.1 Å². The SMILES string of the molecule is Nc1nc(/C(=N\O)C(=O)NC2C(=O)N3C(C(=O)O)=C(COC(=O)N4CCC4)CS[C@H]23)cs1. The van der Waals surface area contributed by atoms with Gasteiger partial charge in [-0.05, 0) is 6.42 Å². The lowest BCUT2D eigenvalue weighted by Crippen LogP contribution is -2.71. The number of amides is 3. The van der Waals surface area contributed by atoms with E-state index in [1.807, 2.05) is 0 Å². The van der Waals surface area contributed by atoms with Gasteiger partial charge in [-0.1, -0.05) is 5.16 Å². The van der Waals surface area contributed by atoms with Gasteiger partial charge in [0.05, 0.1) is 0 Å². The van der Waals surface area contributed by atoms with Crippen LogP contribution in [0.3, 0.4) is 0 Å². The largest absolute Gasteiger partial charge is 0.477 e. The first-order chi connectivity index (χ1) is 15.3. The fourth-order valence-electron chi connectivity index (χ4n) is 3.35. The number of rotatable bonds is 6. The first-order valence-electron chi connectivity index (χ1n) is 9.37. The molecule has 1 aromatic rings. The van der Waals surface area contributed by atoms with E-state index >= 15 is 0 Å². The highest BCUT2D eigenvalue weighted by molar-refractivity contribution is 8.00. The summed E-state index contributed by atoms with van der Waals surface area (Å²) in [5.74, 6) is -2.64. The van der Waals surface area contributed by atoms with Gasteiger partial charge < -0.3 is 31.0 Å². The van der Waals surface area contributed by atoms with E-state index in [0.29, 0.717) is 18.7 Å². The normalized spacial score (nSPS) is 22.6. The zero-order valence-corrected chi connectivity index (χ0v) is 18.0. The lowest BCUT2D eigenvalue weighted by Gasteiger charge is -2.49. The summed E-state index contributed by atoms with van der Waals surface area (Å²) < 4.78 is 5.18. The minimum absolute atomic E-state index is 0.0462. The van der Waals surface area contributed by atoms with Crippen molar-refractivity contribution >= 4 is 57.8 Å². The van der Waals surface area contributed by atoms with Gasteiger partial charge in [-0.3, -0.25) is 14.5 Å². The third-order valence-electron chi connectivity index (χ3n) is 5.10. The molecule has 3 aliphatic heterocycles. The molecule has 2 fully saturated rings. The number of fused-ring (bicyclic) bond motifs is 1. The predicted molar refractivity (Wildman–Crippen MR) is 112 cm³/mol. The van der Waals surface area contributed by atoms with Crippen LogP contribution in [0.5, 0.6) is 0 Å². The molecule has 0 aromatic carbocycles. The van der Waals surface area contributed by atoms with Gasteiger partial charge in [0.25, 0.3) is 11.8 Å². The van der Waals surface area contributed by atoms with Crippen molar-refractivity contribution < 1.29 is 34.2 Å². The summed E-state index contributed by atoms with van der Waals surface area (Å²) in [4.78, 5) is 55.4. The second-order valence-electron chi connectivity index (χ2n) is 7.03. The number of β-lactam (4-membered cyclic amide) rings is 1. The van der Waals surface area contributed by atoms with Gasteiger partial charge in [0.15, 0.2) is 10.8 Å². The lowest BCUT2D eigenvalue weighted by molar-refractivity contribution is -0.150. The maximum Gasteiger partial charge on any atom is 0.410 e. The predicted octanol–water partition coefficient (Wildman–Crippen LogP) is -0.515. The Balaban J connectivity index is 1.45. The summed E-state index contributed by atoms with van der Waals surface area (Å²) in [6.07, 6.45) is 0.364. The Morgan fingerprint density at radius 2 is 2.12 bits per heavy atom. The van der Waals surface area contributed by atoms with E-state index in [-0.39, 0.29) is 28.9 Å². The first kappa shape index (κ1) is 21.9. The second kappa shape index (κ2) is 8.66. The molecule has 2 saturated heterocycles. The van der Waals surface area contributed by atoms with Gasteiger partial charge in [0, 0.05) is 29.8 Å². The Kier molecular flexibility index (Phi) is 5.92. The minimum Gasteiger partial charge on any atom is -0.477 e. The van der Waals surface area contributed by atoms with Crippen LogP contribution in [0, 0.1) is 0 Å². The number of nitrogens with two attached hydrogens (primary N) is 1. The molecule has 3 amide bonds. The van der Waals surface area contributed by atoms with Crippen molar-refractivity contribution in [2.75, 3.05) is 31.2 Å². The quantitative estimate of drug-likeness (QED) is 0.178. The molecular formula is C17H18N6O7S2. The number of carbonyl (C=O) groups is 4. The molecule has 0 radical (unpaired) electrons. The average molecular weight is 483 g/mol. The first-order valence-corrected chi connectivity index (χ1v) is 11.3. The molecule has 0 spiro atoms. The fourth-order valence-corrected chi connectivity index (χ4v) is 5.23. The van der Waals surface area contributed by atoms with Gasteiger partial charge in [-0.25, -0.2) is 14.6 Å². The van der Waals surface area contributed by atoms with Crippen LogP contribution in [-0.4, -0.2) is 91.6 Å². The van der Waals surface area contributed by atoms with Crippen LogP contribution in [0.15, 0.2) is 21.8 Å². The van der Waals surface area contributed by atoms with Crippen molar-refractivity contribution in [1.29, 1.82) is 0 Å². The summed E-state index contributed by atoms with van der Waals surface area (Å²) in [7, 11) is 0. The number of hydrogen-bond donors (Lipinski definition) is 4. The molecule has 170 valence electrons. The molecule has 2 atom stereocenters. The number of anilines is 1. The van der Waals surface area contributed by atoms with Crippen LogP contribution in [0.2, 0.25) is 0 Å². The molecule has 4 heterocycles. The molecule has 0 saturated carbocycles. The summed E-state index contributed by atoms with van der Waals surface area (Å²) in [6.45, 7) is 0.947. The van der Waals surface area contributed by atoms with Crippen LogP contribution < -0.4 is 11.1 Å². The van der Waals surface area contributed by atoms with E-state index in [1.165, 1.54) is 22.0 Å². The Bertz CT molecular complexity index is 1050. The Hall–Kier alpha value is -3.33. The van der Waals surface area contributed by atoms with Crippen LogP contribution in [0.25, 0.3) is 0 Å². The maximum atomic E-state index is 12.7. The highest BCUT2D eigenvalue weighted by Crippen LogP contribution is 2.40. The number of aromatic nitrogens is 1. The van der Waals surface area contributed by atoms with Crippen molar-refractivity contribution in [2.45, 2.75) is 17.8 Å². The summed E-state index contributed by atoms with van der Waals surface area (Å²) in [5.41, 5.74) is 5.19. The number of carbonyl (C=O) groups excluding carboxylic acids is 3. The molecule has 4 rings (SSSR count). The highest BCUT2D eigenvalue weighted by Gasteiger charge is 2.54. The van der Waals surface area contributed by atoms with Crippen molar-refractivity contribution in [3.05, 3.63) is 22.3 Å². The van der Waals surface area contributed by atoms with Crippen LogP contribution in [0.4, 0.5) is 9.93 Å². The number of carboxylic acids is 1. The van der Waals surface area contributed by atoms with Gasteiger partial charge in [0.1, 0.15) is 29.4 Å². The minimum atomic E-state index is -1.33. The number of aliphatic carboxylic acids is 1. The van der Waals surface area contributed by atoms with E-state index in [0.717, 1.165) is 22.7 Å². The molecule has 1 unspecified atom stereocenters. The number of oxime groups is 1. The van der Waals surface area contributed by atoms with Gasteiger partial charge in [-0.2, -0.15) is 0 Å². The number of nitrogen functional groups attached to an aromatic ring is 1. The van der Waals surface area contributed by atoms with Crippen molar-refractivity contribution in [2.24, 2.45) is 5.16 Å². The Labute approximate surface area is 188 Å². The third-order valence-corrected chi connectivity index (χ3v) is 7.11. The number of carboxylic acid groups (broad SMARTS) is 1. The molecular weight excluding hydrogens is 464 g/mol.